The van der Waals surface area contributed by atoms with Crippen LogP contribution in [0.15, 0.2) is 0 Å². The van der Waals surface area contributed by atoms with Crippen molar-refractivity contribution in [2.75, 3.05) is 6.54 Å². The van der Waals surface area contributed by atoms with Crippen LogP contribution in [0.2, 0.25) is 0 Å². The molecule has 0 aromatic rings. The third-order valence-electron chi connectivity index (χ3n) is 2.67. The summed E-state index contributed by atoms with van der Waals surface area (Å²) in [5, 5.41) is 14.0. The van der Waals surface area contributed by atoms with E-state index in [0.717, 1.165) is 0 Å². The van der Waals surface area contributed by atoms with E-state index in [1.54, 1.807) is 0 Å². The lowest BCUT2D eigenvalue weighted by Crippen LogP contribution is -2.44. The molecule has 6 heteroatoms. The molecule has 0 aromatic heterocycles. The Bertz CT molecular complexity index is 327. The van der Waals surface area contributed by atoms with E-state index in [2.05, 4.69) is 10.6 Å². The molecule has 0 bridgehead atoms. The minimum Gasteiger partial charge on any atom is -0.480 e. The van der Waals surface area contributed by atoms with Crippen LogP contribution < -0.4 is 10.6 Å². The van der Waals surface area contributed by atoms with Crippen molar-refractivity contribution < 1.29 is 19.5 Å². The highest BCUT2D eigenvalue weighted by molar-refractivity contribution is 5.91. The summed E-state index contributed by atoms with van der Waals surface area (Å²) in [5.41, 5.74) is 0. The van der Waals surface area contributed by atoms with Crippen LogP contribution in [0.4, 0.5) is 0 Å². The minimum absolute atomic E-state index is 0.139. The van der Waals surface area contributed by atoms with Crippen LogP contribution >= 0.6 is 0 Å². The summed E-state index contributed by atoms with van der Waals surface area (Å²) in [5.74, 6) is -1.84. The van der Waals surface area contributed by atoms with Crippen molar-refractivity contribution in [1.82, 2.24) is 10.6 Å². The number of rotatable bonds is 5. The van der Waals surface area contributed by atoms with Crippen LogP contribution in [0, 0.1) is 11.8 Å². The summed E-state index contributed by atoms with van der Waals surface area (Å²) in [6.07, 6.45) is 0.523. The van der Waals surface area contributed by atoms with Gasteiger partial charge in [0.05, 0.1) is 5.92 Å². The third-order valence-corrected chi connectivity index (χ3v) is 2.67. The summed E-state index contributed by atoms with van der Waals surface area (Å²) < 4.78 is 0. The van der Waals surface area contributed by atoms with Crippen LogP contribution in [0.25, 0.3) is 0 Å². The SMILES string of the molecule is CC(C)C[C@@H](NC(=O)C1CNC(=O)C1)C(=O)O. The van der Waals surface area contributed by atoms with Crippen molar-refractivity contribution in [2.45, 2.75) is 32.7 Å². The molecule has 1 unspecified atom stereocenters. The maximum atomic E-state index is 11.7. The molecule has 0 radical (unpaired) electrons. The number of amides is 2. The Morgan fingerprint density at radius 3 is 2.59 bits per heavy atom. The van der Waals surface area contributed by atoms with Crippen molar-refractivity contribution in [3.05, 3.63) is 0 Å². The summed E-state index contributed by atoms with van der Waals surface area (Å²) in [4.78, 5) is 33.6. The molecule has 6 nitrogen and oxygen atoms in total. The van der Waals surface area contributed by atoms with Crippen molar-refractivity contribution in [3.8, 4) is 0 Å². The Labute approximate surface area is 99.8 Å². The van der Waals surface area contributed by atoms with Gasteiger partial charge in [-0.25, -0.2) is 4.79 Å². The number of carboxylic acids is 1. The van der Waals surface area contributed by atoms with E-state index in [1.807, 2.05) is 13.8 Å². The second-order valence-electron chi connectivity index (χ2n) is 4.73. The Hall–Kier alpha value is -1.59. The molecule has 0 saturated carbocycles. The zero-order valence-electron chi connectivity index (χ0n) is 10.0. The van der Waals surface area contributed by atoms with Crippen molar-refractivity contribution in [3.63, 3.8) is 0 Å². The monoisotopic (exact) mass is 242 g/mol. The summed E-state index contributed by atoms with van der Waals surface area (Å²) in [6, 6.07) is -0.877. The molecule has 1 aliphatic rings. The molecule has 1 rings (SSSR count). The first-order chi connectivity index (χ1) is 7.90. The summed E-state index contributed by atoms with van der Waals surface area (Å²) in [6.45, 7) is 4.07. The van der Waals surface area contributed by atoms with Crippen molar-refractivity contribution in [1.29, 1.82) is 0 Å². The van der Waals surface area contributed by atoms with Gasteiger partial charge in [-0.2, -0.15) is 0 Å². The number of carboxylic acid groups (broad SMARTS) is 1. The number of hydrogen-bond donors (Lipinski definition) is 3. The minimum atomic E-state index is -1.04. The normalized spacial score (nSPS) is 21.1. The molecule has 1 saturated heterocycles. The highest BCUT2D eigenvalue weighted by Gasteiger charge is 2.30. The molecule has 0 spiro atoms. The Kier molecular flexibility index (Phi) is 4.48. The van der Waals surface area contributed by atoms with Gasteiger partial charge >= 0.3 is 5.97 Å². The summed E-state index contributed by atoms with van der Waals surface area (Å²) >= 11 is 0. The van der Waals surface area contributed by atoms with Crippen LogP contribution in [0.5, 0.6) is 0 Å². The van der Waals surface area contributed by atoms with Gasteiger partial charge in [0.2, 0.25) is 11.8 Å². The molecular formula is C11H18N2O4. The predicted octanol–water partition coefficient (Wildman–Crippen LogP) is -0.262. The lowest BCUT2D eigenvalue weighted by Gasteiger charge is -2.18. The predicted molar refractivity (Wildman–Crippen MR) is 60.1 cm³/mol. The third kappa shape index (κ3) is 4.05. The van der Waals surface area contributed by atoms with Crippen LogP contribution in [-0.4, -0.2) is 35.5 Å². The standard InChI is InChI=1S/C11H18N2O4/c1-6(2)3-8(11(16)17)13-10(15)7-4-9(14)12-5-7/h6-8H,3-5H2,1-2H3,(H,12,14)(H,13,15)(H,16,17)/t7?,8-/m1/s1. The lowest BCUT2D eigenvalue weighted by molar-refractivity contribution is -0.142. The quantitative estimate of drug-likeness (QED) is 0.619. The first-order valence-corrected chi connectivity index (χ1v) is 5.70. The smallest absolute Gasteiger partial charge is 0.326 e. The molecule has 1 heterocycles. The fourth-order valence-corrected chi connectivity index (χ4v) is 1.77. The topological polar surface area (TPSA) is 95.5 Å². The molecule has 2 atom stereocenters. The van der Waals surface area contributed by atoms with E-state index in [1.165, 1.54) is 0 Å². The van der Waals surface area contributed by atoms with Gasteiger partial charge < -0.3 is 15.7 Å². The highest BCUT2D eigenvalue weighted by atomic mass is 16.4. The molecule has 1 aliphatic heterocycles. The van der Waals surface area contributed by atoms with Gasteiger partial charge in [-0.15, -0.1) is 0 Å². The summed E-state index contributed by atoms with van der Waals surface area (Å²) in [7, 11) is 0. The van der Waals surface area contributed by atoms with Gasteiger partial charge in [0.25, 0.3) is 0 Å². The Morgan fingerprint density at radius 2 is 2.18 bits per heavy atom. The van der Waals surface area contributed by atoms with Crippen molar-refractivity contribution in [2.24, 2.45) is 11.8 Å². The second kappa shape index (κ2) is 5.65. The number of aliphatic carboxylic acids is 1. The lowest BCUT2D eigenvalue weighted by atomic mass is 10.0. The Morgan fingerprint density at radius 1 is 1.53 bits per heavy atom. The fourth-order valence-electron chi connectivity index (χ4n) is 1.77. The molecule has 0 aliphatic carbocycles. The van der Waals surface area contributed by atoms with Crippen LogP contribution in [0.3, 0.4) is 0 Å². The number of carbonyl (C=O) groups excluding carboxylic acids is 2. The maximum absolute atomic E-state index is 11.7. The van der Waals surface area contributed by atoms with Crippen LogP contribution in [0.1, 0.15) is 26.7 Å². The zero-order valence-corrected chi connectivity index (χ0v) is 10.0. The average Bonchev–Trinajstić information content (AvgIpc) is 2.63. The van der Waals surface area contributed by atoms with E-state index in [9.17, 15) is 14.4 Å². The number of carbonyl (C=O) groups is 3. The van der Waals surface area contributed by atoms with E-state index in [0.29, 0.717) is 13.0 Å². The van der Waals surface area contributed by atoms with Gasteiger partial charge in [-0.05, 0) is 12.3 Å². The first-order valence-electron chi connectivity index (χ1n) is 5.70. The highest BCUT2D eigenvalue weighted by Crippen LogP contribution is 2.11. The largest absolute Gasteiger partial charge is 0.480 e. The van der Waals surface area contributed by atoms with Gasteiger partial charge in [0, 0.05) is 13.0 Å². The average molecular weight is 242 g/mol. The van der Waals surface area contributed by atoms with Gasteiger partial charge in [0.15, 0.2) is 0 Å². The zero-order chi connectivity index (χ0) is 13.0. The van der Waals surface area contributed by atoms with Gasteiger partial charge in [-0.3, -0.25) is 9.59 Å². The number of hydrogen-bond acceptors (Lipinski definition) is 3. The van der Waals surface area contributed by atoms with E-state index in [4.69, 9.17) is 5.11 Å². The molecule has 17 heavy (non-hydrogen) atoms. The molecule has 3 N–H and O–H groups in total. The van der Waals surface area contributed by atoms with E-state index in [-0.39, 0.29) is 24.2 Å². The molecule has 96 valence electrons. The van der Waals surface area contributed by atoms with E-state index < -0.39 is 17.9 Å². The van der Waals surface area contributed by atoms with Gasteiger partial charge in [0.1, 0.15) is 6.04 Å². The molecule has 1 fully saturated rings. The fraction of sp³-hybridized carbons (Fsp3) is 0.727. The van der Waals surface area contributed by atoms with Gasteiger partial charge in [-0.1, -0.05) is 13.8 Å². The van der Waals surface area contributed by atoms with Crippen LogP contribution in [-0.2, 0) is 14.4 Å². The first kappa shape index (κ1) is 13.5. The maximum Gasteiger partial charge on any atom is 0.326 e. The molecule has 0 aromatic carbocycles. The van der Waals surface area contributed by atoms with E-state index >= 15 is 0 Å². The molecule has 2 amide bonds. The molecular weight excluding hydrogens is 224 g/mol. The number of nitrogens with one attached hydrogen (secondary N) is 2. The second-order valence-corrected chi connectivity index (χ2v) is 4.73. The van der Waals surface area contributed by atoms with Crippen molar-refractivity contribution >= 4 is 17.8 Å². The Balaban J connectivity index is 2.52.